The molecule has 26 heavy (non-hydrogen) atoms. The van der Waals surface area contributed by atoms with Crippen LogP contribution in [0.2, 0.25) is 0 Å². The predicted molar refractivity (Wildman–Crippen MR) is 107 cm³/mol. The van der Waals surface area contributed by atoms with Gasteiger partial charge in [0, 0.05) is 12.2 Å². The lowest BCUT2D eigenvalue weighted by Crippen LogP contribution is -2.17. The van der Waals surface area contributed by atoms with E-state index in [1.807, 2.05) is 42.5 Å². The molecule has 0 aliphatic carbocycles. The first-order valence-electron chi connectivity index (χ1n) is 8.79. The van der Waals surface area contributed by atoms with Crippen LogP contribution in [0.5, 0.6) is 0 Å². The largest absolute Gasteiger partial charge is 0.341 e. The van der Waals surface area contributed by atoms with Crippen molar-refractivity contribution in [2.75, 3.05) is 16.8 Å². The summed E-state index contributed by atoms with van der Waals surface area (Å²) in [6.07, 6.45) is 2.14. The second-order valence-corrected chi connectivity index (χ2v) is 6.20. The number of anilines is 3. The molecule has 0 atom stereocenters. The summed E-state index contributed by atoms with van der Waals surface area (Å²) in [6.45, 7) is 5.03. The summed E-state index contributed by atoms with van der Waals surface area (Å²) < 4.78 is 0. The molecule has 1 amide bonds. The normalized spacial score (nSPS) is 10.4. The molecule has 0 unspecified atom stereocenters. The van der Waals surface area contributed by atoms with E-state index in [1.54, 1.807) is 6.20 Å². The number of carbonyl (C=O) groups excluding carboxylic acids is 1. The van der Waals surface area contributed by atoms with Crippen LogP contribution < -0.4 is 10.2 Å². The lowest BCUT2D eigenvalue weighted by atomic mass is 10.1. The van der Waals surface area contributed by atoms with Gasteiger partial charge in [0.25, 0.3) is 0 Å². The Kier molecular flexibility index (Phi) is 5.64. The molecule has 0 bridgehead atoms. The molecule has 4 nitrogen and oxygen atoms in total. The average molecular weight is 345 g/mol. The SMILES string of the molecule is CCN(c1ccc(NC(=O)Cc2ccccc2)nc1)c1cccc(C)c1. The van der Waals surface area contributed by atoms with Gasteiger partial charge in [-0.25, -0.2) is 4.98 Å². The van der Waals surface area contributed by atoms with Gasteiger partial charge in [0.05, 0.1) is 18.3 Å². The van der Waals surface area contributed by atoms with Gasteiger partial charge in [0.1, 0.15) is 5.82 Å². The number of aryl methyl sites for hydroxylation is 1. The van der Waals surface area contributed by atoms with E-state index in [0.717, 1.165) is 23.5 Å². The molecule has 0 spiro atoms. The van der Waals surface area contributed by atoms with Crippen LogP contribution in [0.3, 0.4) is 0 Å². The minimum Gasteiger partial charge on any atom is -0.341 e. The highest BCUT2D eigenvalue weighted by molar-refractivity contribution is 5.91. The third-order valence-corrected chi connectivity index (χ3v) is 4.16. The molecule has 1 heterocycles. The number of nitrogens with zero attached hydrogens (tertiary/aromatic N) is 2. The summed E-state index contributed by atoms with van der Waals surface area (Å²) in [7, 11) is 0. The van der Waals surface area contributed by atoms with Gasteiger partial charge in [0.2, 0.25) is 5.91 Å². The number of hydrogen-bond donors (Lipinski definition) is 1. The lowest BCUT2D eigenvalue weighted by Gasteiger charge is -2.23. The Labute approximate surface area is 154 Å². The number of rotatable bonds is 6. The minimum absolute atomic E-state index is 0.0671. The van der Waals surface area contributed by atoms with Gasteiger partial charge in [-0.3, -0.25) is 4.79 Å². The third-order valence-electron chi connectivity index (χ3n) is 4.16. The van der Waals surface area contributed by atoms with Crippen molar-refractivity contribution in [2.45, 2.75) is 20.3 Å². The molecule has 0 fully saturated rings. The zero-order valence-electron chi connectivity index (χ0n) is 15.1. The van der Waals surface area contributed by atoms with Gasteiger partial charge < -0.3 is 10.2 Å². The summed E-state index contributed by atoms with van der Waals surface area (Å²) in [5.41, 5.74) is 4.34. The molecule has 1 aromatic heterocycles. The Balaban J connectivity index is 1.68. The van der Waals surface area contributed by atoms with Crippen molar-refractivity contribution >= 4 is 23.1 Å². The van der Waals surface area contributed by atoms with Crippen LogP contribution in [0, 0.1) is 6.92 Å². The Morgan fingerprint density at radius 3 is 2.46 bits per heavy atom. The van der Waals surface area contributed by atoms with Gasteiger partial charge >= 0.3 is 0 Å². The number of hydrogen-bond acceptors (Lipinski definition) is 3. The highest BCUT2D eigenvalue weighted by Crippen LogP contribution is 2.25. The number of aromatic nitrogens is 1. The molecule has 0 aliphatic heterocycles. The van der Waals surface area contributed by atoms with Crippen molar-refractivity contribution in [1.29, 1.82) is 0 Å². The van der Waals surface area contributed by atoms with E-state index in [1.165, 1.54) is 5.56 Å². The molecular formula is C22H23N3O. The Bertz CT molecular complexity index is 860. The first kappa shape index (κ1) is 17.7. The van der Waals surface area contributed by atoms with Crippen molar-refractivity contribution in [3.8, 4) is 0 Å². The van der Waals surface area contributed by atoms with Gasteiger partial charge in [-0.15, -0.1) is 0 Å². The quantitative estimate of drug-likeness (QED) is 0.702. The summed E-state index contributed by atoms with van der Waals surface area (Å²) in [5.74, 6) is 0.498. The van der Waals surface area contributed by atoms with Gasteiger partial charge in [-0.2, -0.15) is 0 Å². The second-order valence-electron chi connectivity index (χ2n) is 6.20. The summed E-state index contributed by atoms with van der Waals surface area (Å²) in [5, 5.41) is 2.85. The Hall–Kier alpha value is -3.14. The van der Waals surface area contributed by atoms with Gasteiger partial charge in [-0.1, -0.05) is 42.5 Å². The number of amides is 1. The molecule has 1 N–H and O–H groups in total. The predicted octanol–water partition coefficient (Wildman–Crippen LogP) is 4.73. The van der Waals surface area contributed by atoms with E-state index in [9.17, 15) is 4.79 Å². The summed E-state index contributed by atoms with van der Waals surface area (Å²) in [4.78, 5) is 18.7. The zero-order valence-corrected chi connectivity index (χ0v) is 15.1. The second kappa shape index (κ2) is 8.30. The monoisotopic (exact) mass is 345 g/mol. The maximum atomic E-state index is 12.2. The summed E-state index contributed by atoms with van der Waals surface area (Å²) >= 11 is 0. The number of pyridine rings is 1. The zero-order chi connectivity index (χ0) is 18.4. The third kappa shape index (κ3) is 4.48. The van der Waals surface area contributed by atoms with E-state index in [-0.39, 0.29) is 5.91 Å². The summed E-state index contributed by atoms with van der Waals surface area (Å²) in [6, 6.07) is 21.9. The Morgan fingerprint density at radius 1 is 1.00 bits per heavy atom. The number of benzene rings is 2. The Morgan fingerprint density at radius 2 is 1.81 bits per heavy atom. The fraction of sp³-hybridized carbons (Fsp3) is 0.182. The van der Waals surface area contributed by atoms with Crippen molar-refractivity contribution in [3.63, 3.8) is 0 Å². The molecule has 0 saturated carbocycles. The first-order valence-corrected chi connectivity index (χ1v) is 8.79. The van der Waals surface area contributed by atoms with Crippen LogP contribution in [0.1, 0.15) is 18.1 Å². The van der Waals surface area contributed by atoms with E-state index >= 15 is 0 Å². The van der Waals surface area contributed by atoms with Crippen LogP contribution in [-0.4, -0.2) is 17.4 Å². The molecule has 132 valence electrons. The molecule has 0 radical (unpaired) electrons. The van der Waals surface area contributed by atoms with E-state index in [0.29, 0.717) is 12.2 Å². The van der Waals surface area contributed by atoms with Gasteiger partial charge in [0.15, 0.2) is 0 Å². The van der Waals surface area contributed by atoms with Crippen molar-refractivity contribution in [3.05, 3.63) is 84.1 Å². The molecule has 2 aromatic carbocycles. The standard InChI is InChI=1S/C22H23N3O/c1-3-25(19-11-7-8-17(2)14-19)20-12-13-21(23-16-20)24-22(26)15-18-9-5-4-6-10-18/h4-14,16H,3,15H2,1-2H3,(H,23,24,26). The van der Waals surface area contributed by atoms with Crippen LogP contribution in [0.15, 0.2) is 72.9 Å². The molecule has 3 rings (SSSR count). The smallest absolute Gasteiger partial charge is 0.229 e. The molecule has 0 aliphatic rings. The molecule has 4 heteroatoms. The minimum atomic E-state index is -0.0671. The molecule has 0 saturated heterocycles. The average Bonchev–Trinajstić information content (AvgIpc) is 2.64. The number of nitrogens with one attached hydrogen (secondary N) is 1. The fourth-order valence-corrected chi connectivity index (χ4v) is 2.90. The lowest BCUT2D eigenvalue weighted by molar-refractivity contribution is -0.115. The topological polar surface area (TPSA) is 45.2 Å². The van der Waals surface area contributed by atoms with Crippen molar-refractivity contribution < 1.29 is 4.79 Å². The van der Waals surface area contributed by atoms with Crippen molar-refractivity contribution in [1.82, 2.24) is 4.98 Å². The van der Waals surface area contributed by atoms with E-state index in [4.69, 9.17) is 0 Å². The fourth-order valence-electron chi connectivity index (χ4n) is 2.90. The maximum Gasteiger partial charge on any atom is 0.229 e. The van der Waals surface area contributed by atoms with Crippen LogP contribution in [0.25, 0.3) is 0 Å². The van der Waals surface area contributed by atoms with E-state index in [2.05, 4.69) is 53.3 Å². The van der Waals surface area contributed by atoms with Crippen LogP contribution in [-0.2, 0) is 11.2 Å². The van der Waals surface area contributed by atoms with Gasteiger partial charge in [-0.05, 0) is 49.2 Å². The van der Waals surface area contributed by atoms with Crippen LogP contribution in [0.4, 0.5) is 17.2 Å². The first-order chi connectivity index (χ1) is 12.7. The van der Waals surface area contributed by atoms with Crippen LogP contribution >= 0.6 is 0 Å². The van der Waals surface area contributed by atoms with E-state index < -0.39 is 0 Å². The highest BCUT2D eigenvalue weighted by atomic mass is 16.1. The molecular weight excluding hydrogens is 322 g/mol. The maximum absolute atomic E-state index is 12.2. The molecule has 3 aromatic rings. The number of carbonyl (C=O) groups is 1. The highest BCUT2D eigenvalue weighted by Gasteiger charge is 2.09. The van der Waals surface area contributed by atoms with Crippen molar-refractivity contribution in [2.24, 2.45) is 0 Å².